The Kier molecular flexibility index (Phi) is 4.99. The van der Waals surface area contributed by atoms with Gasteiger partial charge in [0.15, 0.2) is 10.8 Å². The van der Waals surface area contributed by atoms with Crippen LogP contribution in [0.15, 0.2) is 58.0 Å². The van der Waals surface area contributed by atoms with Gasteiger partial charge in [0.2, 0.25) is 0 Å². The average molecular weight is 463 g/mol. The SMILES string of the molecule is Cc1ccc(-c2nc(C)c(C(=O)Nn3cnc4sc(C)c(-c5ccccc5)c4c3=O)s2)o1. The molecule has 32 heavy (non-hydrogen) atoms. The number of hydrogen-bond acceptors (Lipinski definition) is 7. The van der Waals surface area contributed by atoms with Crippen molar-refractivity contribution in [3.8, 4) is 21.9 Å². The lowest BCUT2D eigenvalue weighted by Crippen LogP contribution is -2.33. The fourth-order valence-electron chi connectivity index (χ4n) is 3.56. The number of hydrogen-bond donors (Lipinski definition) is 1. The van der Waals surface area contributed by atoms with Crippen LogP contribution in [0.25, 0.3) is 32.1 Å². The van der Waals surface area contributed by atoms with Gasteiger partial charge in [-0.3, -0.25) is 15.0 Å². The zero-order valence-corrected chi connectivity index (χ0v) is 19.1. The van der Waals surface area contributed by atoms with E-state index >= 15 is 0 Å². The molecule has 0 saturated heterocycles. The monoisotopic (exact) mass is 462 g/mol. The Balaban J connectivity index is 1.53. The first-order chi connectivity index (χ1) is 15.4. The van der Waals surface area contributed by atoms with E-state index in [1.165, 1.54) is 29.0 Å². The molecule has 1 amide bonds. The van der Waals surface area contributed by atoms with Crippen molar-refractivity contribution in [3.05, 3.63) is 80.4 Å². The predicted molar refractivity (Wildman–Crippen MR) is 127 cm³/mol. The van der Waals surface area contributed by atoms with E-state index in [4.69, 9.17) is 4.42 Å². The third-order valence-electron chi connectivity index (χ3n) is 5.03. The smallest absolute Gasteiger partial charge is 0.282 e. The van der Waals surface area contributed by atoms with Gasteiger partial charge in [-0.1, -0.05) is 30.3 Å². The van der Waals surface area contributed by atoms with Crippen LogP contribution in [0.5, 0.6) is 0 Å². The molecular weight excluding hydrogens is 444 g/mol. The van der Waals surface area contributed by atoms with Crippen LogP contribution in [-0.4, -0.2) is 20.6 Å². The number of aryl methyl sites for hydroxylation is 3. The number of furan rings is 1. The van der Waals surface area contributed by atoms with Crippen molar-refractivity contribution in [1.82, 2.24) is 14.6 Å². The Bertz CT molecular complexity index is 1530. The lowest BCUT2D eigenvalue weighted by molar-refractivity contribution is 0.101. The van der Waals surface area contributed by atoms with E-state index in [1.54, 1.807) is 6.92 Å². The molecule has 0 bridgehead atoms. The fourth-order valence-corrected chi connectivity index (χ4v) is 5.48. The van der Waals surface area contributed by atoms with Gasteiger partial charge in [-0.05, 0) is 38.5 Å². The third kappa shape index (κ3) is 3.45. The molecule has 0 spiro atoms. The Hall–Kier alpha value is -3.56. The van der Waals surface area contributed by atoms with Crippen LogP contribution in [0, 0.1) is 20.8 Å². The number of rotatable bonds is 4. The molecular formula is C23H18N4O3S2. The van der Waals surface area contributed by atoms with Crippen molar-refractivity contribution in [2.24, 2.45) is 0 Å². The largest absolute Gasteiger partial charge is 0.459 e. The van der Waals surface area contributed by atoms with Crippen molar-refractivity contribution in [2.45, 2.75) is 20.8 Å². The minimum absolute atomic E-state index is 0.324. The molecule has 7 nitrogen and oxygen atoms in total. The van der Waals surface area contributed by atoms with E-state index in [-0.39, 0.29) is 5.56 Å². The van der Waals surface area contributed by atoms with E-state index in [1.807, 2.05) is 56.3 Å². The van der Waals surface area contributed by atoms with Gasteiger partial charge < -0.3 is 4.42 Å². The topological polar surface area (TPSA) is 90.0 Å². The highest BCUT2D eigenvalue weighted by atomic mass is 32.1. The molecule has 5 rings (SSSR count). The first-order valence-corrected chi connectivity index (χ1v) is 11.5. The van der Waals surface area contributed by atoms with Crippen LogP contribution in [0.4, 0.5) is 0 Å². The number of carbonyl (C=O) groups is 1. The minimum Gasteiger partial charge on any atom is -0.459 e. The Labute approximate surface area is 191 Å². The lowest BCUT2D eigenvalue weighted by atomic mass is 10.0. The van der Waals surface area contributed by atoms with Crippen molar-refractivity contribution in [2.75, 3.05) is 5.43 Å². The van der Waals surface area contributed by atoms with Crippen LogP contribution < -0.4 is 11.0 Å². The molecule has 0 atom stereocenters. The molecule has 5 aromatic rings. The number of carbonyl (C=O) groups excluding carboxylic acids is 1. The van der Waals surface area contributed by atoms with E-state index in [0.29, 0.717) is 31.6 Å². The number of fused-ring (bicyclic) bond motifs is 1. The summed E-state index contributed by atoms with van der Waals surface area (Å²) in [5.41, 5.74) is 4.69. The zero-order valence-electron chi connectivity index (χ0n) is 17.5. The number of thiophene rings is 1. The van der Waals surface area contributed by atoms with Gasteiger partial charge in [0, 0.05) is 10.4 Å². The molecule has 1 aromatic carbocycles. The fraction of sp³-hybridized carbons (Fsp3) is 0.130. The van der Waals surface area contributed by atoms with Crippen molar-refractivity contribution < 1.29 is 9.21 Å². The lowest BCUT2D eigenvalue weighted by Gasteiger charge is -2.08. The maximum atomic E-state index is 13.3. The molecule has 9 heteroatoms. The Morgan fingerprint density at radius 3 is 2.56 bits per heavy atom. The van der Waals surface area contributed by atoms with E-state index in [2.05, 4.69) is 15.4 Å². The summed E-state index contributed by atoms with van der Waals surface area (Å²) in [4.78, 5) is 37.2. The number of amides is 1. The quantitative estimate of drug-likeness (QED) is 0.399. The maximum Gasteiger partial charge on any atom is 0.282 e. The van der Waals surface area contributed by atoms with Gasteiger partial charge in [-0.25, -0.2) is 14.6 Å². The highest BCUT2D eigenvalue weighted by Crippen LogP contribution is 2.35. The van der Waals surface area contributed by atoms with Gasteiger partial charge >= 0.3 is 0 Å². The molecule has 4 heterocycles. The summed E-state index contributed by atoms with van der Waals surface area (Å²) in [5.74, 6) is 0.951. The number of nitrogens with zero attached hydrogens (tertiary/aromatic N) is 3. The first-order valence-electron chi connectivity index (χ1n) is 9.84. The van der Waals surface area contributed by atoms with Gasteiger partial charge in [0.05, 0.1) is 11.1 Å². The van der Waals surface area contributed by atoms with Crippen LogP contribution in [-0.2, 0) is 0 Å². The van der Waals surface area contributed by atoms with E-state index in [9.17, 15) is 9.59 Å². The van der Waals surface area contributed by atoms with Crippen molar-refractivity contribution in [1.29, 1.82) is 0 Å². The van der Waals surface area contributed by atoms with Gasteiger partial charge in [0.1, 0.15) is 21.8 Å². The molecule has 0 aliphatic carbocycles. The second-order valence-electron chi connectivity index (χ2n) is 7.28. The summed E-state index contributed by atoms with van der Waals surface area (Å²) in [6.45, 7) is 5.57. The van der Waals surface area contributed by atoms with Crippen molar-refractivity contribution in [3.63, 3.8) is 0 Å². The summed E-state index contributed by atoms with van der Waals surface area (Å²) in [6.07, 6.45) is 1.35. The first kappa shape index (κ1) is 20.3. The molecule has 0 radical (unpaired) electrons. The molecule has 0 fully saturated rings. The minimum atomic E-state index is -0.425. The standard InChI is InChI=1S/C23H18N4O3S2/c1-12-9-10-16(30-12)21-25-13(2)19(32-21)20(28)26-27-11-24-22-18(23(27)29)17(14(3)31-22)15-7-5-4-6-8-15/h4-11H,1-3H3,(H,26,28). The summed E-state index contributed by atoms with van der Waals surface area (Å²) in [5, 5.41) is 1.11. The highest BCUT2D eigenvalue weighted by Gasteiger charge is 2.21. The Morgan fingerprint density at radius 1 is 1.06 bits per heavy atom. The molecule has 0 unspecified atom stereocenters. The summed E-state index contributed by atoms with van der Waals surface area (Å²) >= 11 is 2.68. The number of aromatic nitrogens is 3. The number of nitrogens with one attached hydrogen (secondary N) is 1. The maximum absolute atomic E-state index is 13.3. The molecule has 160 valence electrons. The number of thiazole rings is 1. The predicted octanol–water partition coefficient (Wildman–Crippen LogP) is 5.15. The average Bonchev–Trinajstić information content (AvgIpc) is 3.47. The Morgan fingerprint density at radius 2 is 1.84 bits per heavy atom. The molecule has 0 aliphatic heterocycles. The summed E-state index contributed by atoms with van der Waals surface area (Å²) < 4.78 is 6.75. The molecule has 4 aromatic heterocycles. The molecule has 0 aliphatic rings. The van der Waals surface area contributed by atoms with Gasteiger partial charge in [0.25, 0.3) is 11.5 Å². The van der Waals surface area contributed by atoms with E-state index < -0.39 is 5.91 Å². The molecule has 0 saturated carbocycles. The van der Waals surface area contributed by atoms with Crippen LogP contribution >= 0.6 is 22.7 Å². The highest BCUT2D eigenvalue weighted by molar-refractivity contribution is 7.19. The zero-order chi connectivity index (χ0) is 22.4. The summed E-state index contributed by atoms with van der Waals surface area (Å²) in [7, 11) is 0. The third-order valence-corrected chi connectivity index (χ3v) is 7.21. The summed E-state index contributed by atoms with van der Waals surface area (Å²) in [6, 6.07) is 13.4. The van der Waals surface area contributed by atoms with Gasteiger partial charge in [-0.15, -0.1) is 22.7 Å². The second-order valence-corrected chi connectivity index (χ2v) is 9.49. The van der Waals surface area contributed by atoms with Crippen molar-refractivity contribution >= 4 is 38.8 Å². The molecule has 1 N–H and O–H groups in total. The van der Waals surface area contributed by atoms with Crippen LogP contribution in [0.1, 0.15) is 26.0 Å². The van der Waals surface area contributed by atoms with Crippen LogP contribution in [0.2, 0.25) is 0 Å². The second kappa shape index (κ2) is 7.85. The van der Waals surface area contributed by atoms with Crippen LogP contribution in [0.3, 0.4) is 0 Å². The normalized spacial score (nSPS) is 11.2. The van der Waals surface area contributed by atoms with E-state index in [0.717, 1.165) is 26.4 Å². The van der Waals surface area contributed by atoms with Gasteiger partial charge in [-0.2, -0.15) is 0 Å². The number of benzene rings is 1.